The number of nitrogens with one attached hydrogen (secondary N) is 1. The predicted molar refractivity (Wildman–Crippen MR) is 66.1 cm³/mol. The molecule has 15 heavy (non-hydrogen) atoms. The second-order valence-corrected chi connectivity index (χ2v) is 3.32. The van der Waals surface area contributed by atoms with Gasteiger partial charge in [0.25, 0.3) is 0 Å². The maximum atomic E-state index is 8.35. The Labute approximate surface area is 94.2 Å². The number of nitriles is 1. The van der Waals surface area contributed by atoms with Crippen LogP contribution in [0.5, 0.6) is 0 Å². The average Bonchev–Trinajstić information content (AvgIpc) is 2.20. The van der Waals surface area contributed by atoms with Gasteiger partial charge in [0.15, 0.2) is 5.11 Å². The molecule has 0 amide bonds. The van der Waals surface area contributed by atoms with Crippen molar-refractivity contribution in [2.24, 2.45) is 5.73 Å². The van der Waals surface area contributed by atoms with Crippen LogP contribution in [-0.2, 0) is 0 Å². The Morgan fingerprint density at radius 1 is 1.47 bits per heavy atom. The van der Waals surface area contributed by atoms with Gasteiger partial charge in [0.05, 0.1) is 12.5 Å². The van der Waals surface area contributed by atoms with Gasteiger partial charge in [0.1, 0.15) is 0 Å². The number of allylic oxidation sites excluding steroid dienone is 1. The van der Waals surface area contributed by atoms with Gasteiger partial charge in [-0.15, -0.1) is 0 Å². The summed E-state index contributed by atoms with van der Waals surface area (Å²) in [5.41, 5.74) is 7.23. The molecule has 76 valence electrons. The molecule has 0 fully saturated rings. The lowest BCUT2D eigenvalue weighted by Gasteiger charge is -2.03. The van der Waals surface area contributed by atoms with Gasteiger partial charge in [-0.3, -0.25) is 0 Å². The zero-order chi connectivity index (χ0) is 11.1. The van der Waals surface area contributed by atoms with Gasteiger partial charge in [0, 0.05) is 5.69 Å². The number of nitrogens with zero attached hydrogens (tertiary/aromatic N) is 1. The number of hydrogen-bond acceptors (Lipinski definition) is 2. The normalized spacial score (nSPS) is 9.80. The fourth-order valence-electron chi connectivity index (χ4n) is 1.07. The SMILES string of the molecule is N#CCC=Cc1ccc(NC(N)=S)cc1. The van der Waals surface area contributed by atoms with E-state index >= 15 is 0 Å². The standard InChI is InChI=1S/C11H11N3S/c12-8-2-1-3-9-4-6-10(7-5-9)14-11(13)15/h1,3-7H,2H2,(H3,13,14,15). The van der Waals surface area contributed by atoms with Crippen molar-refractivity contribution in [3.05, 3.63) is 35.9 Å². The summed E-state index contributed by atoms with van der Waals surface area (Å²) in [6.45, 7) is 0. The summed E-state index contributed by atoms with van der Waals surface area (Å²) in [4.78, 5) is 0. The van der Waals surface area contributed by atoms with Crippen molar-refractivity contribution in [1.29, 1.82) is 5.26 Å². The number of anilines is 1. The van der Waals surface area contributed by atoms with E-state index < -0.39 is 0 Å². The van der Waals surface area contributed by atoms with Crippen LogP contribution in [0, 0.1) is 11.3 Å². The molecule has 1 aromatic carbocycles. The quantitative estimate of drug-likeness (QED) is 0.762. The van der Waals surface area contributed by atoms with Gasteiger partial charge in [-0.25, -0.2) is 0 Å². The zero-order valence-electron chi connectivity index (χ0n) is 8.10. The molecule has 3 nitrogen and oxygen atoms in total. The monoisotopic (exact) mass is 217 g/mol. The second kappa shape index (κ2) is 5.78. The Kier molecular flexibility index (Phi) is 4.32. The van der Waals surface area contributed by atoms with E-state index in [1.54, 1.807) is 0 Å². The first-order valence-electron chi connectivity index (χ1n) is 4.42. The lowest BCUT2D eigenvalue weighted by atomic mass is 10.2. The lowest BCUT2D eigenvalue weighted by molar-refractivity contribution is 1.36. The van der Waals surface area contributed by atoms with Crippen LogP contribution in [0.25, 0.3) is 6.08 Å². The first-order chi connectivity index (χ1) is 7.22. The first kappa shape index (κ1) is 11.2. The highest BCUT2D eigenvalue weighted by atomic mass is 32.1. The molecule has 0 aliphatic rings. The first-order valence-corrected chi connectivity index (χ1v) is 4.83. The lowest BCUT2D eigenvalue weighted by Crippen LogP contribution is -2.18. The zero-order valence-corrected chi connectivity index (χ0v) is 8.92. The van der Waals surface area contributed by atoms with Crippen LogP contribution in [0.2, 0.25) is 0 Å². The van der Waals surface area contributed by atoms with Gasteiger partial charge < -0.3 is 11.1 Å². The summed E-state index contributed by atoms with van der Waals surface area (Å²) in [6.07, 6.45) is 4.14. The Hall–Kier alpha value is -1.86. The Balaban J connectivity index is 2.64. The van der Waals surface area contributed by atoms with Crippen molar-refractivity contribution in [1.82, 2.24) is 0 Å². The number of hydrogen-bond donors (Lipinski definition) is 2. The fraction of sp³-hybridized carbons (Fsp3) is 0.0909. The third kappa shape index (κ3) is 4.25. The minimum absolute atomic E-state index is 0.253. The molecule has 0 spiro atoms. The van der Waals surface area contributed by atoms with Crippen molar-refractivity contribution in [2.75, 3.05) is 5.32 Å². The summed E-state index contributed by atoms with van der Waals surface area (Å²) in [5, 5.41) is 11.4. The minimum atomic E-state index is 0.253. The van der Waals surface area contributed by atoms with Crippen molar-refractivity contribution >= 4 is 29.1 Å². The second-order valence-electron chi connectivity index (χ2n) is 2.88. The third-order valence-electron chi connectivity index (χ3n) is 1.70. The largest absolute Gasteiger partial charge is 0.376 e. The summed E-state index contributed by atoms with van der Waals surface area (Å²) in [6, 6.07) is 9.65. The molecule has 1 rings (SSSR count). The number of nitrogens with two attached hydrogens (primary N) is 1. The molecule has 1 aromatic rings. The fourth-order valence-corrected chi connectivity index (χ4v) is 1.19. The number of thiocarbonyl (C=S) groups is 1. The summed E-state index contributed by atoms with van der Waals surface area (Å²) >= 11 is 4.71. The number of rotatable bonds is 3. The van der Waals surface area contributed by atoms with E-state index in [1.807, 2.05) is 42.5 Å². The van der Waals surface area contributed by atoms with Crippen molar-refractivity contribution < 1.29 is 0 Å². The van der Waals surface area contributed by atoms with E-state index in [9.17, 15) is 0 Å². The van der Waals surface area contributed by atoms with Gasteiger partial charge >= 0.3 is 0 Å². The van der Waals surface area contributed by atoms with Gasteiger partial charge in [-0.05, 0) is 29.9 Å². The van der Waals surface area contributed by atoms with Gasteiger partial charge in [-0.2, -0.15) is 5.26 Å². The van der Waals surface area contributed by atoms with Crippen molar-refractivity contribution in [3.8, 4) is 6.07 Å². The maximum absolute atomic E-state index is 8.35. The van der Waals surface area contributed by atoms with E-state index in [-0.39, 0.29) is 5.11 Å². The average molecular weight is 217 g/mol. The van der Waals surface area contributed by atoms with E-state index in [2.05, 4.69) is 5.32 Å². The minimum Gasteiger partial charge on any atom is -0.376 e. The highest BCUT2D eigenvalue weighted by Crippen LogP contribution is 2.10. The number of benzene rings is 1. The molecule has 0 unspecified atom stereocenters. The Bertz CT molecular complexity index is 401. The van der Waals surface area contributed by atoms with Crippen LogP contribution in [0.4, 0.5) is 5.69 Å². The van der Waals surface area contributed by atoms with Gasteiger partial charge in [-0.1, -0.05) is 24.3 Å². The van der Waals surface area contributed by atoms with Crippen molar-refractivity contribution in [2.45, 2.75) is 6.42 Å². The molecule has 0 radical (unpaired) electrons. The Morgan fingerprint density at radius 2 is 2.13 bits per heavy atom. The molecule has 0 aromatic heterocycles. The molecule has 0 saturated carbocycles. The highest BCUT2D eigenvalue weighted by molar-refractivity contribution is 7.80. The topological polar surface area (TPSA) is 61.8 Å². The summed E-state index contributed by atoms with van der Waals surface area (Å²) in [5.74, 6) is 0. The van der Waals surface area contributed by atoms with E-state index in [1.165, 1.54) is 0 Å². The van der Waals surface area contributed by atoms with Crippen LogP contribution >= 0.6 is 12.2 Å². The van der Waals surface area contributed by atoms with Crippen molar-refractivity contribution in [3.63, 3.8) is 0 Å². The molecule has 0 bridgehead atoms. The molecular formula is C11H11N3S. The molecular weight excluding hydrogens is 206 g/mol. The van der Waals surface area contributed by atoms with Crippen LogP contribution in [0.1, 0.15) is 12.0 Å². The summed E-state index contributed by atoms with van der Waals surface area (Å²) in [7, 11) is 0. The highest BCUT2D eigenvalue weighted by Gasteiger charge is 1.92. The molecule has 0 saturated heterocycles. The molecule has 0 heterocycles. The Morgan fingerprint density at radius 3 is 2.67 bits per heavy atom. The maximum Gasteiger partial charge on any atom is 0.168 e. The van der Waals surface area contributed by atoms with Crippen LogP contribution in [-0.4, -0.2) is 5.11 Å². The van der Waals surface area contributed by atoms with E-state index in [0.29, 0.717) is 6.42 Å². The van der Waals surface area contributed by atoms with E-state index in [0.717, 1.165) is 11.3 Å². The smallest absolute Gasteiger partial charge is 0.168 e. The van der Waals surface area contributed by atoms with Gasteiger partial charge in [0.2, 0.25) is 0 Å². The van der Waals surface area contributed by atoms with Crippen LogP contribution in [0.15, 0.2) is 30.3 Å². The van der Waals surface area contributed by atoms with Crippen LogP contribution in [0.3, 0.4) is 0 Å². The molecule has 0 aliphatic heterocycles. The molecule has 0 aliphatic carbocycles. The van der Waals surface area contributed by atoms with Crippen LogP contribution < -0.4 is 11.1 Å². The predicted octanol–water partition coefficient (Wildman–Crippen LogP) is 2.27. The molecule has 0 atom stereocenters. The van der Waals surface area contributed by atoms with E-state index in [4.69, 9.17) is 23.2 Å². The molecule has 4 heteroatoms. The third-order valence-corrected chi connectivity index (χ3v) is 1.80. The molecule has 3 N–H and O–H groups in total. The summed E-state index contributed by atoms with van der Waals surface area (Å²) < 4.78 is 0.